The summed E-state index contributed by atoms with van der Waals surface area (Å²) < 4.78 is 7.44. The first-order valence-electron chi connectivity index (χ1n) is 9.57. The second kappa shape index (κ2) is 8.31. The maximum absolute atomic E-state index is 12.7. The highest BCUT2D eigenvalue weighted by Gasteiger charge is 2.23. The van der Waals surface area contributed by atoms with E-state index in [1.54, 1.807) is 25.3 Å². The molecule has 2 heterocycles. The molecule has 7 nitrogen and oxygen atoms in total. The Morgan fingerprint density at radius 2 is 1.93 bits per heavy atom. The zero-order valence-corrected chi connectivity index (χ0v) is 17.3. The molecule has 2 amide bonds. The molecule has 0 aliphatic carbocycles. The molecular weight excluding hydrogens is 390 g/mol. The number of methoxy groups -OCH3 is 1. The molecule has 0 spiro atoms. The molecule has 29 heavy (non-hydrogen) atoms. The van der Waals surface area contributed by atoms with Crippen molar-refractivity contribution in [3.05, 3.63) is 53.3 Å². The summed E-state index contributed by atoms with van der Waals surface area (Å²) >= 11 is 6.05. The SMILES string of the molecule is COc1ccc(Cl)cc1NC(=O)N1CCN(Cc2nc3ccccc3n2C)CC1. The number of nitrogens with zero attached hydrogens (tertiary/aromatic N) is 4. The molecule has 0 unspecified atom stereocenters. The number of carbonyl (C=O) groups is 1. The predicted octanol–water partition coefficient (Wildman–Crippen LogP) is 3.59. The third-order valence-electron chi connectivity index (χ3n) is 5.31. The van der Waals surface area contributed by atoms with E-state index in [0.29, 0.717) is 29.5 Å². The fraction of sp³-hybridized carbons (Fsp3) is 0.333. The van der Waals surface area contributed by atoms with Crippen LogP contribution in [0.5, 0.6) is 5.75 Å². The van der Waals surface area contributed by atoms with E-state index in [4.69, 9.17) is 21.3 Å². The molecule has 1 fully saturated rings. The van der Waals surface area contributed by atoms with Crippen LogP contribution in [0.3, 0.4) is 0 Å². The molecule has 152 valence electrons. The molecule has 1 aliphatic rings. The van der Waals surface area contributed by atoms with Gasteiger partial charge in [-0.25, -0.2) is 9.78 Å². The highest BCUT2D eigenvalue weighted by molar-refractivity contribution is 6.31. The first kappa shape index (κ1) is 19.5. The predicted molar refractivity (Wildman–Crippen MR) is 115 cm³/mol. The zero-order valence-electron chi connectivity index (χ0n) is 16.6. The number of imidazole rings is 1. The van der Waals surface area contributed by atoms with Crippen LogP contribution in [0.25, 0.3) is 11.0 Å². The molecule has 0 saturated carbocycles. The van der Waals surface area contributed by atoms with Crippen LogP contribution < -0.4 is 10.1 Å². The van der Waals surface area contributed by atoms with Crippen LogP contribution in [0.2, 0.25) is 5.02 Å². The van der Waals surface area contributed by atoms with Gasteiger partial charge >= 0.3 is 6.03 Å². The van der Waals surface area contributed by atoms with Crippen molar-refractivity contribution in [2.45, 2.75) is 6.54 Å². The summed E-state index contributed by atoms with van der Waals surface area (Å²) in [4.78, 5) is 21.5. The fourth-order valence-electron chi connectivity index (χ4n) is 3.62. The number of rotatable bonds is 4. The minimum absolute atomic E-state index is 0.145. The van der Waals surface area contributed by atoms with Crippen LogP contribution in [0.1, 0.15) is 5.82 Å². The molecule has 0 atom stereocenters. The number of para-hydroxylation sites is 2. The number of anilines is 1. The Labute approximate surface area is 174 Å². The van der Waals surface area contributed by atoms with Crippen molar-refractivity contribution in [1.82, 2.24) is 19.4 Å². The number of aryl methyl sites for hydroxylation is 1. The van der Waals surface area contributed by atoms with Crippen molar-refractivity contribution in [1.29, 1.82) is 0 Å². The number of piperazine rings is 1. The largest absolute Gasteiger partial charge is 0.495 e. The minimum Gasteiger partial charge on any atom is -0.495 e. The van der Waals surface area contributed by atoms with Crippen LogP contribution in [-0.4, -0.2) is 58.7 Å². The summed E-state index contributed by atoms with van der Waals surface area (Å²) in [6, 6.07) is 13.2. The van der Waals surface area contributed by atoms with Gasteiger partial charge in [0.25, 0.3) is 0 Å². The number of nitrogens with one attached hydrogen (secondary N) is 1. The number of hydrogen-bond acceptors (Lipinski definition) is 4. The van der Waals surface area contributed by atoms with Gasteiger partial charge in [0.15, 0.2) is 0 Å². The number of fused-ring (bicyclic) bond motifs is 1. The number of halogens is 1. The first-order chi connectivity index (χ1) is 14.0. The first-order valence-corrected chi connectivity index (χ1v) is 9.95. The molecule has 0 bridgehead atoms. The van der Waals surface area contributed by atoms with Crippen molar-refractivity contribution in [2.75, 3.05) is 38.6 Å². The van der Waals surface area contributed by atoms with Gasteiger partial charge in [-0.15, -0.1) is 0 Å². The van der Waals surface area contributed by atoms with Crippen LogP contribution in [0.4, 0.5) is 10.5 Å². The molecule has 1 N–H and O–H groups in total. The lowest BCUT2D eigenvalue weighted by Gasteiger charge is -2.34. The standard InChI is InChI=1S/C21H24ClN5O2/c1-25-18-6-4-3-5-16(18)23-20(25)14-26-9-11-27(12-10-26)21(28)24-17-13-15(22)7-8-19(17)29-2/h3-8,13H,9-12,14H2,1-2H3,(H,24,28). The Bertz CT molecular complexity index is 1030. The van der Waals surface area contributed by atoms with Crippen LogP contribution in [0.15, 0.2) is 42.5 Å². The molecule has 2 aromatic carbocycles. The Kier molecular flexibility index (Phi) is 5.60. The van der Waals surface area contributed by atoms with E-state index < -0.39 is 0 Å². The molecule has 0 radical (unpaired) electrons. The van der Waals surface area contributed by atoms with E-state index >= 15 is 0 Å². The third kappa shape index (κ3) is 4.16. The number of aromatic nitrogens is 2. The quantitative estimate of drug-likeness (QED) is 0.710. The average Bonchev–Trinajstić information content (AvgIpc) is 3.04. The lowest BCUT2D eigenvalue weighted by molar-refractivity contribution is 0.140. The number of carbonyl (C=O) groups excluding carboxylic acids is 1. The molecule has 1 aliphatic heterocycles. The zero-order chi connectivity index (χ0) is 20.4. The maximum Gasteiger partial charge on any atom is 0.322 e. The third-order valence-corrected chi connectivity index (χ3v) is 5.54. The maximum atomic E-state index is 12.7. The van der Waals surface area contributed by atoms with Gasteiger partial charge in [-0.3, -0.25) is 4.90 Å². The summed E-state index contributed by atoms with van der Waals surface area (Å²) in [7, 11) is 3.62. The summed E-state index contributed by atoms with van der Waals surface area (Å²) in [6.07, 6.45) is 0. The van der Waals surface area contributed by atoms with E-state index in [1.807, 2.05) is 30.1 Å². The minimum atomic E-state index is -0.145. The van der Waals surface area contributed by atoms with E-state index in [2.05, 4.69) is 20.9 Å². The second-order valence-electron chi connectivity index (χ2n) is 7.11. The van der Waals surface area contributed by atoms with Crippen LogP contribution in [-0.2, 0) is 13.6 Å². The molecule has 1 saturated heterocycles. The van der Waals surface area contributed by atoms with Gasteiger partial charge in [-0.1, -0.05) is 23.7 Å². The average molecular weight is 414 g/mol. The highest BCUT2D eigenvalue weighted by Crippen LogP contribution is 2.28. The monoisotopic (exact) mass is 413 g/mol. The second-order valence-corrected chi connectivity index (χ2v) is 7.55. The van der Waals surface area contributed by atoms with Crippen LogP contribution >= 0.6 is 11.6 Å². The van der Waals surface area contributed by atoms with E-state index in [1.165, 1.54) is 0 Å². The van der Waals surface area contributed by atoms with Crippen molar-refractivity contribution in [2.24, 2.45) is 7.05 Å². The lowest BCUT2D eigenvalue weighted by atomic mass is 10.3. The van der Waals surface area contributed by atoms with Crippen molar-refractivity contribution < 1.29 is 9.53 Å². The smallest absolute Gasteiger partial charge is 0.322 e. The number of urea groups is 1. The number of hydrogen-bond donors (Lipinski definition) is 1. The Balaban J connectivity index is 1.36. The number of benzene rings is 2. The summed E-state index contributed by atoms with van der Waals surface area (Å²) in [5, 5.41) is 3.46. The van der Waals surface area contributed by atoms with Crippen molar-refractivity contribution in [3.8, 4) is 5.75 Å². The van der Waals surface area contributed by atoms with Crippen molar-refractivity contribution >= 4 is 34.4 Å². The summed E-state index contributed by atoms with van der Waals surface area (Å²) in [6.45, 7) is 3.66. The Hall–Kier alpha value is -2.77. The molecule has 8 heteroatoms. The highest BCUT2D eigenvalue weighted by atomic mass is 35.5. The molecule has 4 rings (SSSR count). The summed E-state index contributed by atoms with van der Waals surface area (Å²) in [5.41, 5.74) is 2.72. The van der Waals surface area contributed by atoms with Crippen LogP contribution in [0, 0.1) is 0 Å². The van der Waals surface area contributed by atoms with Crippen molar-refractivity contribution in [3.63, 3.8) is 0 Å². The van der Waals surface area contributed by atoms with Gasteiger partial charge in [-0.2, -0.15) is 0 Å². The number of amides is 2. The summed E-state index contributed by atoms with van der Waals surface area (Å²) in [5.74, 6) is 1.62. The van der Waals surface area contributed by atoms with Gasteiger partial charge in [0.2, 0.25) is 0 Å². The Morgan fingerprint density at radius 3 is 2.66 bits per heavy atom. The van der Waals surface area contributed by atoms with E-state index in [-0.39, 0.29) is 6.03 Å². The fourth-order valence-corrected chi connectivity index (χ4v) is 3.79. The topological polar surface area (TPSA) is 62.6 Å². The molecular formula is C21H24ClN5O2. The molecule has 3 aromatic rings. The van der Waals surface area contributed by atoms with E-state index in [9.17, 15) is 4.79 Å². The van der Waals surface area contributed by atoms with Gasteiger partial charge in [0, 0.05) is 38.2 Å². The van der Waals surface area contributed by atoms with Gasteiger partial charge in [0.05, 0.1) is 30.4 Å². The van der Waals surface area contributed by atoms with Gasteiger partial charge < -0.3 is 19.5 Å². The van der Waals surface area contributed by atoms with Gasteiger partial charge in [-0.05, 0) is 30.3 Å². The molecule has 1 aromatic heterocycles. The Morgan fingerprint density at radius 1 is 1.17 bits per heavy atom. The van der Waals surface area contributed by atoms with E-state index in [0.717, 1.165) is 36.5 Å². The number of ether oxygens (including phenoxy) is 1. The lowest BCUT2D eigenvalue weighted by Crippen LogP contribution is -2.49. The van der Waals surface area contributed by atoms with Gasteiger partial charge in [0.1, 0.15) is 11.6 Å². The normalized spacial score (nSPS) is 14.9.